The molecule has 1 saturated carbocycles. The highest BCUT2D eigenvalue weighted by molar-refractivity contribution is 6.30. The second-order valence-electron chi connectivity index (χ2n) is 10.1. The van der Waals surface area contributed by atoms with Crippen molar-refractivity contribution in [2.75, 3.05) is 19.6 Å². The Hall–Kier alpha value is -3.40. The van der Waals surface area contributed by atoms with E-state index in [4.69, 9.17) is 11.6 Å². The highest BCUT2D eigenvalue weighted by Crippen LogP contribution is 2.35. The SMILES string of the molecule is CC(=O)N(CC(=O)NC(C(=O)N1CCCC1)c1ccccc1C(F)(F)F)/N=C(\C)c1ccc(Cl)cc1.CC1CC1. The fourth-order valence-corrected chi connectivity index (χ4v) is 4.18. The van der Waals surface area contributed by atoms with E-state index in [1.54, 1.807) is 31.2 Å². The normalized spacial score (nSPS) is 16.1. The number of carbonyl (C=O) groups is 3. The molecule has 4 rings (SSSR count). The van der Waals surface area contributed by atoms with Gasteiger partial charge >= 0.3 is 6.18 Å². The summed E-state index contributed by atoms with van der Waals surface area (Å²) in [5, 5.41) is 8.02. The molecule has 0 aromatic heterocycles. The van der Waals surface area contributed by atoms with Crippen LogP contribution in [0.3, 0.4) is 0 Å². The van der Waals surface area contributed by atoms with Crippen LogP contribution in [0.1, 0.15) is 69.2 Å². The quantitative estimate of drug-likeness (QED) is 0.332. The molecule has 7 nitrogen and oxygen atoms in total. The molecule has 11 heteroatoms. The fraction of sp³-hybridized carbons (Fsp3) is 0.448. The molecule has 2 aromatic rings. The average molecular weight is 579 g/mol. The van der Waals surface area contributed by atoms with Crippen molar-refractivity contribution in [3.05, 3.63) is 70.2 Å². The Balaban J connectivity index is 0.00000101. The summed E-state index contributed by atoms with van der Waals surface area (Å²) in [5.41, 5.74) is -0.289. The fourth-order valence-electron chi connectivity index (χ4n) is 4.06. The molecule has 3 amide bonds. The molecule has 1 atom stereocenters. The maximum Gasteiger partial charge on any atom is 0.416 e. The van der Waals surface area contributed by atoms with Gasteiger partial charge in [0.1, 0.15) is 12.6 Å². The molecule has 1 aliphatic heterocycles. The van der Waals surface area contributed by atoms with Crippen LogP contribution < -0.4 is 5.32 Å². The first-order valence-electron chi connectivity index (χ1n) is 13.2. The van der Waals surface area contributed by atoms with Crippen LogP contribution in [-0.2, 0) is 20.6 Å². The molecule has 2 aliphatic rings. The largest absolute Gasteiger partial charge is 0.416 e. The molecule has 1 saturated heterocycles. The minimum absolute atomic E-state index is 0.356. The van der Waals surface area contributed by atoms with E-state index in [0.29, 0.717) is 29.4 Å². The summed E-state index contributed by atoms with van der Waals surface area (Å²) >= 11 is 5.89. The Morgan fingerprint density at radius 2 is 1.62 bits per heavy atom. The van der Waals surface area contributed by atoms with Gasteiger partial charge in [-0.2, -0.15) is 18.3 Å². The van der Waals surface area contributed by atoms with Crippen LogP contribution >= 0.6 is 11.6 Å². The van der Waals surface area contributed by atoms with Gasteiger partial charge in [0.15, 0.2) is 0 Å². The lowest BCUT2D eigenvalue weighted by molar-refractivity contribution is -0.141. The number of alkyl halides is 3. The van der Waals surface area contributed by atoms with Crippen molar-refractivity contribution in [3.8, 4) is 0 Å². The smallest absolute Gasteiger partial charge is 0.341 e. The number of hydrazone groups is 1. The number of nitrogens with one attached hydrogen (secondary N) is 1. The van der Waals surface area contributed by atoms with Gasteiger partial charge in [0, 0.05) is 25.0 Å². The maximum absolute atomic E-state index is 13.7. The average Bonchev–Trinajstić information content (AvgIpc) is 3.48. The number of halogens is 4. The van der Waals surface area contributed by atoms with Crippen LogP contribution in [0.25, 0.3) is 0 Å². The van der Waals surface area contributed by atoms with Crippen LogP contribution in [0.15, 0.2) is 53.6 Å². The Bertz CT molecular complexity index is 1220. The van der Waals surface area contributed by atoms with Gasteiger partial charge in [0.25, 0.3) is 0 Å². The van der Waals surface area contributed by atoms with Crippen molar-refractivity contribution in [1.29, 1.82) is 0 Å². The van der Waals surface area contributed by atoms with Gasteiger partial charge in [-0.15, -0.1) is 0 Å². The van der Waals surface area contributed by atoms with Crippen molar-refractivity contribution in [1.82, 2.24) is 15.2 Å². The number of hydrogen-bond donors (Lipinski definition) is 1. The van der Waals surface area contributed by atoms with Crippen molar-refractivity contribution in [2.45, 2.75) is 58.7 Å². The predicted molar refractivity (Wildman–Crippen MR) is 148 cm³/mol. The molecule has 0 bridgehead atoms. The Morgan fingerprint density at radius 3 is 2.15 bits per heavy atom. The Morgan fingerprint density at radius 1 is 1.05 bits per heavy atom. The summed E-state index contributed by atoms with van der Waals surface area (Å²) in [5.74, 6) is -0.934. The van der Waals surface area contributed by atoms with Crippen molar-refractivity contribution >= 4 is 35.0 Å². The molecule has 0 radical (unpaired) electrons. The predicted octanol–water partition coefficient (Wildman–Crippen LogP) is 5.83. The number of benzene rings is 2. The van der Waals surface area contributed by atoms with E-state index in [1.807, 2.05) is 0 Å². The first-order valence-corrected chi connectivity index (χ1v) is 13.6. The molecular weight excluding hydrogens is 545 g/mol. The van der Waals surface area contributed by atoms with Gasteiger partial charge in [-0.1, -0.05) is 61.7 Å². The summed E-state index contributed by atoms with van der Waals surface area (Å²) < 4.78 is 41.1. The van der Waals surface area contributed by atoms with Gasteiger partial charge in [0.2, 0.25) is 17.7 Å². The molecule has 1 unspecified atom stereocenters. The summed E-state index contributed by atoms with van der Waals surface area (Å²) in [6.07, 6.45) is -0.301. The highest BCUT2D eigenvalue weighted by atomic mass is 35.5. The van der Waals surface area contributed by atoms with Crippen LogP contribution in [-0.4, -0.2) is 53.0 Å². The molecule has 2 aromatic carbocycles. The van der Waals surface area contributed by atoms with E-state index in [1.165, 1.54) is 42.9 Å². The topological polar surface area (TPSA) is 82.1 Å². The monoisotopic (exact) mass is 578 g/mol. The van der Waals surface area contributed by atoms with Crippen molar-refractivity contribution in [3.63, 3.8) is 0 Å². The van der Waals surface area contributed by atoms with Crippen molar-refractivity contribution in [2.24, 2.45) is 11.0 Å². The van der Waals surface area contributed by atoms with E-state index in [-0.39, 0.29) is 5.56 Å². The third-order valence-electron chi connectivity index (χ3n) is 6.60. The summed E-state index contributed by atoms with van der Waals surface area (Å²) in [6, 6.07) is 9.75. The van der Waals surface area contributed by atoms with Gasteiger partial charge < -0.3 is 10.2 Å². The summed E-state index contributed by atoms with van der Waals surface area (Å²) in [6.45, 7) is 5.32. The van der Waals surface area contributed by atoms with E-state index < -0.39 is 42.0 Å². The van der Waals surface area contributed by atoms with Crippen LogP contribution in [0.5, 0.6) is 0 Å². The third kappa shape index (κ3) is 9.08. The van der Waals surface area contributed by atoms with Crippen LogP contribution in [0, 0.1) is 5.92 Å². The second kappa shape index (κ2) is 13.8. The molecule has 2 fully saturated rings. The Labute approximate surface area is 237 Å². The first kappa shape index (κ1) is 31.1. The lowest BCUT2D eigenvalue weighted by Gasteiger charge is -2.27. The van der Waals surface area contributed by atoms with Crippen LogP contribution in [0.4, 0.5) is 13.2 Å². The van der Waals surface area contributed by atoms with Crippen LogP contribution in [0.2, 0.25) is 5.02 Å². The summed E-state index contributed by atoms with van der Waals surface area (Å²) in [7, 11) is 0. The maximum atomic E-state index is 13.7. The highest BCUT2D eigenvalue weighted by Gasteiger charge is 2.39. The van der Waals surface area contributed by atoms with Gasteiger partial charge in [-0.3, -0.25) is 14.4 Å². The molecule has 0 spiro atoms. The van der Waals surface area contributed by atoms with Crippen molar-refractivity contribution < 1.29 is 27.6 Å². The van der Waals surface area contributed by atoms with E-state index in [2.05, 4.69) is 17.3 Å². The molecule has 1 aliphatic carbocycles. The van der Waals surface area contributed by atoms with Gasteiger partial charge in [-0.05, 0) is 55.0 Å². The molecular formula is C29H34ClF3N4O3. The molecule has 1 N–H and O–H groups in total. The zero-order valence-corrected chi connectivity index (χ0v) is 23.6. The minimum atomic E-state index is -4.73. The zero-order valence-electron chi connectivity index (χ0n) is 22.8. The van der Waals surface area contributed by atoms with E-state index in [0.717, 1.165) is 29.8 Å². The number of hydrogen-bond acceptors (Lipinski definition) is 4. The molecule has 1 heterocycles. The lowest BCUT2D eigenvalue weighted by atomic mass is 9.98. The Kier molecular flexibility index (Phi) is 10.7. The minimum Gasteiger partial charge on any atom is -0.341 e. The lowest BCUT2D eigenvalue weighted by Crippen LogP contribution is -2.45. The van der Waals surface area contributed by atoms with Gasteiger partial charge in [-0.25, -0.2) is 5.01 Å². The first-order chi connectivity index (χ1) is 18.9. The number of nitrogens with zero attached hydrogens (tertiary/aromatic N) is 3. The number of amides is 3. The van der Waals surface area contributed by atoms with E-state index in [9.17, 15) is 27.6 Å². The number of carbonyl (C=O) groups excluding carboxylic acids is 3. The zero-order chi connectivity index (χ0) is 29.4. The van der Waals surface area contributed by atoms with E-state index >= 15 is 0 Å². The molecule has 216 valence electrons. The standard InChI is InChI=1S/C25H26ClF3N4O3.C4H8/c1-16(18-9-11-19(26)12-10-18)31-33(17(2)34)15-22(35)30-23(24(36)32-13-5-6-14-32)20-7-3-4-8-21(20)25(27,28)29;1-4-2-3-4/h3-4,7-12,23H,5-6,13-15H2,1-2H3,(H,30,35);4H,2-3H2,1H3/b31-16+;. The number of rotatable bonds is 7. The third-order valence-corrected chi connectivity index (χ3v) is 6.85. The summed E-state index contributed by atoms with van der Waals surface area (Å²) in [4.78, 5) is 39.7. The molecule has 40 heavy (non-hydrogen) atoms. The second-order valence-corrected chi connectivity index (χ2v) is 10.5. The van der Waals surface area contributed by atoms with Gasteiger partial charge in [0.05, 0.1) is 11.3 Å². The number of likely N-dealkylation sites (tertiary alicyclic amines) is 1.